The molecule has 3 rings (SSSR count). The second-order valence-electron chi connectivity index (χ2n) is 11.8. The first-order chi connectivity index (χ1) is 19.2. The van der Waals surface area contributed by atoms with Gasteiger partial charge >= 0.3 is 6.09 Å². The molecule has 2 aromatic rings. The topological polar surface area (TPSA) is 77.5 Å². The Hall–Kier alpha value is -2.45. The van der Waals surface area contributed by atoms with Crippen LogP contribution in [0.25, 0.3) is 0 Å². The Balaban J connectivity index is 1.80. The van der Waals surface area contributed by atoms with Gasteiger partial charge in [0.05, 0.1) is 44.2 Å². The third-order valence-electron chi connectivity index (χ3n) is 7.16. The highest BCUT2D eigenvalue weighted by Crippen LogP contribution is 2.34. The summed E-state index contributed by atoms with van der Waals surface area (Å²) in [6, 6.07) is 19.5. The van der Waals surface area contributed by atoms with Crippen molar-refractivity contribution in [3.8, 4) is 0 Å². The third-order valence-corrected chi connectivity index (χ3v) is 7.16. The van der Waals surface area contributed by atoms with Crippen LogP contribution in [0.2, 0.25) is 0 Å². The molecule has 7 nitrogen and oxygen atoms in total. The van der Waals surface area contributed by atoms with Gasteiger partial charge in [0.2, 0.25) is 0 Å². The van der Waals surface area contributed by atoms with Gasteiger partial charge in [0, 0.05) is 13.5 Å². The number of aliphatic hydroxyl groups excluding tert-OH is 1. The zero-order valence-electron chi connectivity index (χ0n) is 25.0. The summed E-state index contributed by atoms with van der Waals surface area (Å²) in [6.07, 6.45) is 3.41. The molecule has 1 aliphatic rings. The van der Waals surface area contributed by atoms with E-state index in [2.05, 4.69) is 6.92 Å². The zero-order chi connectivity index (χ0) is 29.0. The first kappa shape index (κ1) is 32.1. The highest BCUT2D eigenvalue weighted by molar-refractivity contribution is 5.68. The van der Waals surface area contributed by atoms with E-state index in [0.717, 1.165) is 36.8 Å². The lowest BCUT2D eigenvalue weighted by atomic mass is 10.1. The molecular formula is C33H49NO6. The predicted molar refractivity (Wildman–Crippen MR) is 157 cm³/mol. The van der Waals surface area contributed by atoms with E-state index in [-0.39, 0.29) is 18.8 Å². The molecule has 0 bridgehead atoms. The predicted octanol–water partition coefficient (Wildman–Crippen LogP) is 6.51. The molecule has 0 radical (unpaired) electrons. The number of unbranched alkanes of at least 4 members (excludes halogenated alkanes) is 3. The molecule has 5 atom stereocenters. The SMILES string of the molecule is CCCCCCC(O)CO[C@@H]1[C@@H](N(C)C(=O)OC(C)(C)C)[C@H](OCc2ccccc2)C[C@@H]1OCc1ccccc1. The molecule has 1 amide bonds. The average molecular weight is 556 g/mol. The van der Waals surface area contributed by atoms with Crippen molar-refractivity contribution < 1.29 is 28.8 Å². The number of likely N-dealkylation sites (N-methyl/N-ethyl adjacent to an activating group) is 1. The van der Waals surface area contributed by atoms with Crippen LogP contribution in [0.5, 0.6) is 0 Å². The fourth-order valence-electron chi connectivity index (χ4n) is 5.06. The monoisotopic (exact) mass is 555 g/mol. The highest BCUT2D eigenvalue weighted by Gasteiger charge is 2.49. The molecule has 0 saturated heterocycles. The van der Waals surface area contributed by atoms with E-state index in [0.29, 0.717) is 26.1 Å². The lowest BCUT2D eigenvalue weighted by molar-refractivity contribution is -0.106. The van der Waals surface area contributed by atoms with E-state index in [1.807, 2.05) is 81.4 Å². The fourth-order valence-corrected chi connectivity index (χ4v) is 5.06. The number of rotatable bonds is 15. The summed E-state index contributed by atoms with van der Waals surface area (Å²) < 4.78 is 25.0. The number of benzene rings is 2. The summed E-state index contributed by atoms with van der Waals surface area (Å²) in [5.74, 6) is 0. The first-order valence-corrected chi connectivity index (χ1v) is 14.7. The van der Waals surface area contributed by atoms with E-state index in [4.69, 9.17) is 18.9 Å². The van der Waals surface area contributed by atoms with Crippen LogP contribution in [-0.4, -0.2) is 65.8 Å². The molecule has 222 valence electrons. The minimum absolute atomic E-state index is 0.173. The van der Waals surface area contributed by atoms with Gasteiger partial charge in [-0.3, -0.25) is 0 Å². The maximum absolute atomic E-state index is 13.2. The summed E-state index contributed by atoms with van der Waals surface area (Å²) in [5, 5.41) is 10.7. The summed E-state index contributed by atoms with van der Waals surface area (Å²) in [4.78, 5) is 14.8. The number of ether oxygens (including phenoxy) is 4. The van der Waals surface area contributed by atoms with Crippen LogP contribution in [0.15, 0.2) is 60.7 Å². The van der Waals surface area contributed by atoms with Gasteiger partial charge in [-0.15, -0.1) is 0 Å². The molecular weight excluding hydrogens is 506 g/mol. The van der Waals surface area contributed by atoms with Crippen LogP contribution in [0, 0.1) is 0 Å². The van der Waals surface area contributed by atoms with Crippen molar-refractivity contribution in [1.82, 2.24) is 4.90 Å². The minimum atomic E-state index is -0.640. The number of amides is 1. The van der Waals surface area contributed by atoms with Crippen LogP contribution in [0.3, 0.4) is 0 Å². The molecule has 0 aliphatic heterocycles. The second-order valence-corrected chi connectivity index (χ2v) is 11.8. The lowest BCUT2D eigenvalue weighted by Gasteiger charge is -2.35. The maximum Gasteiger partial charge on any atom is 0.410 e. The Kier molecular flexibility index (Phi) is 12.9. The van der Waals surface area contributed by atoms with Gasteiger partial charge in [-0.2, -0.15) is 0 Å². The zero-order valence-corrected chi connectivity index (χ0v) is 25.0. The fraction of sp³-hybridized carbons (Fsp3) is 0.606. The normalized spacial score (nSPS) is 21.8. The summed E-state index contributed by atoms with van der Waals surface area (Å²) in [5.41, 5.74) is 1.47. The smallest absolute Gasteiger partial charge is 0.410 e. The van der Waals surface area contributed by atoms with E-state index in [1.165, 1.54) is 0 Å². The largest absolute Gasteiger partial charge is 0.444 e. The molecule has 0 aromatic heterocycles. The second kappa shape index (κ2) is 16.1. The maximum atomic E-state index is 13.2. The van der Waals surface area contributed by atoms with Crippen molar-refractivity contribution in [3.05, 3.63) is 71.8 Å². The number of carbonyl (C=O) groups excluding carboxylic acids is 1. The van der Waals surface area contributed by atoms with E-state index >= 15 is 0 Å². The molecule has 1 N–H and O–H groups in total. The highest BCUT2D eigenvalue weighted by atomic mass is 16.6. The Morgan fingerprint density at radius 3 is 2.02 bits per heavy atom. The van der Waals surface area contributed by atoms with E-state index < -0.39 is 29.9 Å². The minimum Gasteiger partial charge on any atom is -0.444 e. The van der Waals surface area contributed by atoms with Crippen molar-refractivity contribution >= 4 is 6.09 Å². The molecule has 0 heterocycles. The van der Waals surface area contributed by atoms with Crippen molar-refractivity contribution in [2.24, 2.45) is 0 Å². The first-order valence-electron chi connectivity index (χ1n) is 14.7. The van der Waals surface area contributed by atoms with Crippen LogP contribution in [-0.2, 0) is 32.2 Å². The quantitative estimate of drug-likeness (QED) is 0.252. The van der Waals surface area contributed by atoms with Crippen molar-refractivity contribution in [2.75, 3.05) is 13.7 Å². The van der Waals surface area contributed by atoms with Gasteiger partial charge in [0.1, 0.15) is 11.7 Å². The molecule has 40 heavy (non-hydrogen) atoms. The van der Waals surface area contributed by atoms with Gasteiger partial charge < -0.3 is 29.0 Å². The number of hydrogen-bond acceptors (Lipinski definition) is 6. The summed E-state index contributed by atoms with van der Waals surface area (Å²) in [7, 11) is 1.73. The number of aliphatic hydroxyl groups is 1. The molecule has 1 aliphatic carbocycles. The van der Waals surface area contributed by atoms with Gasteiger partial charge in [-0.25, -0.2) is 4.79 Å². The van der Waals surface area contributed by atoms with E-state index in [1.54, 1.807) is 11.9 Å². The Morgan fingerprint density at radius 2 is 1.48 bits per heavy atom. The molecule has 0 spiro atoms. The van der Waals surface area contributed by atoms with Gasteiger partial charge in [-0.1, -0.05) is 93.3 Å². The molecule has 7 heteroatoms. The van der Waals surface area contributed by atoms with Crippen LogP contribution < -0.4 is 0 Å². The average Bonchev–Trinajstić information content (AvgIpc) is 3.28. The van der Waals surface area contributed by atoms with Gasteiger partial charge in [-0.05, 0) is 38.3 Å². The van der Waals surface area contributed by atoms with E-state index in [9.17, 15) is 9.90 Å². The molecule has 1 saturated carbocycles. The molecule has 1 fully saturated rings. The lowest BCUT2D eigenvalue weighted by Crippen LogP contribution is -2.52. The van der Waals surface area contributed by atoms with Crippen LogP contribution >= 0.6 is 0 Å². The van der Waals surface area contributed by atoms with Crippen LogP contribution in [0.4, 0.5) is 4.79 Å². The van der Waals surface area contributed by atoms with Gasteiger partial charge in [0.15, 0.2) is 0 Å². The van der Waals surface area contributed by atoms with Gasteiger partial charge in [0.25, 0.3) is 0 Å². The number of hydrogen-bond donors (Lipinski definition) is 1. The number of carbonyl (C=O) groups is 1. The summed E-state index contributed by atoms with van der Waals surface area (Å²) >= 11 is 0. The molecule has 2 aromatic carbocycles. The van der Waals surface area contributed by atoms with Crippen molar-refractivity contribution in [3.63, 3.8) is 0 Å². The number of nitrogens with zero attached hydrogens (tertiary/aromatic N) is 1. The van der Waals surface area contributed by atoms with Crippen LogP contribution in [0.1, 0.15) is 77.3 Å². The molecule has 1 unspecified atom stereocenters. The Morgan fingerprint density at radius 1 is 0.900 bits per heavy atom. The summed E-state index contributed by atoms with van der Waals surface area (Å²) in [6.45, 7) is 8.72. The Bertz CT molecular complexity index is 979. The van der Waals surface area contributed by atoms with Crippen molar-refractivity contribution in [1.29, 1.82) is 0 Å². The third kappa shape index (κ3) is 10.5. The standard InChI is InChI=1S/C33H49NO6/c1-6-7-8-15-20-27(35)24-39-31-29(38-23-26-18-13-10-14-19-26)21-28(37-22-25-16-11-9-12-17-25)30(31)34(5)32(36)40-33(2,3)4/h9-14,16-19,27-31,35H,6-8,15,20-24H2,1-5H3/t27?,28-,29+,30+,31+/m1/s1. The van der Waals surface area contributed by atoms with Crippen molar-refractivity contribution in [2.45, 2.75) is 115 Å². The Labute approximate surface area is 240 Å².